The predicted molar refractivity (Wildman–Crippen MR) is 286 cm³/mol. The van der Waals surface area contributed by atoms with Crippen molar-refractivity contribution in [1.82, 2.24) is 26.6 Å². The number of fused-ring (bicyclic) bond motifs is 18. The van der Waals surface area contributed by atoms with E-state index >= 15 is 0 Å². The summed E-state index contributed by atoms with van der Waals surface area (Å²) in [5, 5.41) is 28.1. The van der Waals surface area contributed by atoms with Crippen LogP contribution >= 0.6 is 11.3 Å². The fourth-order valence-corrected chi connectivity index (χ4v) is 9.36. The largest absolute Gasteiger partial charge is 0.480 e. The quantitative estimate of drug-likeness (QED) is 0.0548. The second kappa shape index (κ2) is 27.0. The van der Waals surface area contributed by atoms with Crippen molar-refractivity contribution in [2.24, 2.45) is 0 Å². The van der Waals surface area contributed by atoms with E-state index in [2.05, 4.69) is 31.9 Å². The third-order valence-corrected chi connectivity index (χ3v) is 13.4. The summed E-state index contributed by atoms with van der Waals surface area (Å²) in [7, 11) is 0. The highest BCUT2D eigenvalue weighted by atomic mass is 32.1. The summed E-state index contributed by atoms with van der Waals surface area (Å²) in [6, 6.07) is 36.8. The zero-order valence-electron chi connectivity index (χ0n) is 42.1. The normalized spacial score (nSPS) is 19.8. The van der Waals surface area contributed by atoms with E-state index < -0.39 is 95.8 Å². The van der Waals surface area contributed by atoms with E-state index in [1.807, 2.05) is 72.8 Å². The number of hydrogen-bond acceptors (Lipinski definition) is 12. The maximum absolute atomic E-state index is 15.0. The summed E-state index contributed by atoms with van der Waals surface area (Å²) >= 11 is 1.26. The molecule has 77 heavy (non-hydrogen) atoms. The van der Waals surface area contributed by atoms with Crippen molar-refractivity contribution in [1.29, 1.82) is 0 Å². The van der Waals surface area contributed by atoms with Crippen molar-refractivity contribution in [2.45, 2.75) is 94.8 Å². The smallest absolute Gasteiger partial charge is 0.326 e. The van der Waals surface area contributed by atoms with Gasteiger partial charge in [0, 0.05) is 50.1 Å². The van der Waals surface area contributed by atoms with E-state index in [1.165, 1.54) is 35.6 Å². The van der Waals surface area contributed by atoms with Gasteiger partial charge in [0.05, 0.1) is 0 Å². The second-order valence-electron chi connectivity index (χ2n) is 18.4. The molecule has 7 atom stereocenters. The Bertz CT molecular complexity index is 3020. The first-order valence-electron chi connectivity index (χ1n) is 24.8. The van der Waals surface area contributed by atoms with E-state index in [1.54, 1.807) is 60.0 Å². The van der Waals surface area contributed by atoms with Crippen LogP contribution in [0.5, 0.6) is 0 Å². The van der Waals surface area contributed by atoms with Crippen LogP contribution in [-0.2, 0) is 84.7 Å². The molecule has 18 nitrogen and oxygen atoms in total. The number of aryl methyl sites for hydroxylation is 1. The first-order valence-corrected chi connectivity index (χ1v) is 25.7. The van der Waals surface area contributed by atoms with Crippen LogP contribution in [0.3, 0.4) is 0 Å². The Morgan fingerprint density at radius 2 is 1.10 bits per heavy atom. The molecule has 0 spiro atoms. The Kier molecular flexibility index (Phi) is 19.6. The highest BCUT2D eigenvalue weighted by molar-refractivity contribution is 7.09. The van der Waals surface area contributed by atoms with Crippen LogP contribution in [0.15, 0.2) is 157 Å². The minimum Gasteiger partial charge on any atom is -0.480 e. The molecular weight excluding hydrogens is 1000 g/mol. The summed E-state index contributed by atoms with van der Waals surface area (Å²) in [6.45, 7) is 1.96. The predicted octanol–water partition coefficient (Wildman–Crippen LogP) is 4.64. The number of ether oxygens (including phenoxy) is 2. The van der Waals surface area contributed by atoms with E-state index in [9.17, 15) is 48.3 Å². The lowest BCUT2D eigenvalue weighted by molar-refractivity contribution is -0.173. The Hall–Kier alpha value is -8.97. The Balaban J connectivity index is 1.31. The van der Waals surface area contributed by atoms with E-state index in [0.29, 0.717) is 21.6 Å². The molecule has 2 aliphatic heterocycles. The van der Waals surface area contributed by atoms with Crippen molar-refractivity contribution in [3.05, 3.63) is 184 Å². The van der Waals surface area contributed by atoms with Gasteiger partial charge in [-0.1, -0.05) is 133 Å². The molecule has 5 aromatic carbocycles. The number of carboxylic acids is 1. The Morgan fingerprint density at radius 3 is 1.69 bits per heavy atom. The number of nitrogens with one attached hydrogen (secondary N) is 6. The molecule has 398 valence electrons. The standard InChI is InChI=1S/C58H58N6O12S/c1-35(65)75-50-51(76-36(2)66)57(72)63-48(34-44-19-12-30-77-44)55(70)62-46(31-39-20-25-42(26-21-39)41-17-10-5-11-18-41)53(68)60-45(29-24-37-13-6-3-7-14-37)52(67)61-47(32-40-22-27-43(28-23-40)59-56(50)71)54(69)64-49(58(73)74)33-38-15-8-4-9-16-38/h3-23,25-28,30,45-51H,24,29,31-34H2,1-2H3,(H,59,71)(H,60,68)(H,61,67)(H,62,70)(H,63,72)(H,64,69)(H,73,74)/t45-,46+,47-,48-,49-,50+,51?/m0/s1. The third-order valence-electron chi connectivity index (χ3n) is 12.5. The number of anilines is 1. The molecular formula is C58H58N6O12S. The lowest BCUT2D eigenvalue weighted by Gasteiger charge is -2.28. The Labute approximate surface area is 448 Å². The van der Waals surface area contributed by atoms with Crippen molar-refractivity contribution < 1.29 is 57.7 Å². The maximum Gasteiger partial charge on any atom is 0.326 e. The summed E-state index contributed by atoms with van der Waals surface area (Å²) < 4.78 is 10.7. The number of benzene rings is 5. The number of esters is 2. The zero-order valence-corrected chi connectivity index (χ0v) is 43.0. The van der Waals surface area contributed by atoms with E-state index in [4.69, 9.17) is 9.47 Å². The van der Waals surface area contributed by atoms with Gasteiger partial charge in [0.25, 0.3) is 11.8 Å². The van der Waals surface area contributed by atoms with Crippen LogP contribution in [0.4, 0.5) is 5.69 Å². The second-order valence-corrected chi connectivity index (χ2v) is 19.4. The molecule has 2 bridgehead atoms. The zero-order chi connectivity index (χ0) is 54.8. The number of amides is 6. The third kappa shape index (κ3) is 16.5. The van der Waals surface area contributed by atoms with Crippen LogP contribution in [0.25, 0.3) is 11.1 Å². The average Bonchev–Trinajstić information content (AvgIpc) is 3.94. The summed E-state index contributed by atoms with van der Waals surface area (Å²) in [5.41, 5.74) is 4.36. The minimum atomic E-state index is -2.14. The highest BCUT2D eigenvalue weighted by Gasteiger charge is 2.42. The van der Waals surface area contributed by atoms with Gasteiger partial charge in [0.2, 0.25) is 35.8 Å². The van der Waals surface area contributed by atoms with Crippen LogP contribution in [-0.4, -0.2) is 101 Å². The van der Waals surface area contributed by atoms with E-state index in [-0.39, 0.29) is 44.2 Å². The molecule has 2 aliphatic rings. The van der Waals surface area contributed by atoms with Crippen molar-refractivity contribution in [2.75, 3.05) is 5.32 Å². The molecule has 3 heterocycles. The topological polar surface area (TPSA) is 264 Å². The van der Waals surface area contributed by atoms with Crippen LogP contribution in [0, 0.1) is 0 Å². The highest BCUT2D eigenvalue weighted by Crippen LogP contribution is 2.22. The molecule has 1 unspecified atom stereocenters. The van der Waals surface area contributed by atoms with Crippen molar-refractivity contribution in [3.8, 4) is 11.1 Å². The van der Waals surface area contributed by atoms with Gasteiger partial charge in [-0.2, -0.15) is 0 Å². The number of rotatable bonds is 15. The van der Waals surface area contributed by atoms with Gasteiger partial charge in [0.1, 0.15) is 30.2 Å². The summed E-state index contributed by atoms with van der Waals surface area (Å²) in [6.07, 6.45) is -4.56. The molecule has 0 fully saturated rings. The lowest BCUT2D eigenvalue weighted by Crippen LogP contribution is -2.60. The minimum absolute atomic E-state index is 0.000611. The lowest BCUT2D eigenvalue weighted by atomic mass is 9.98. The molecule has 7 N–H and O–H groups in total. The number of carbonyl (C=O) groups excluding carboxylic acids is 8. The number of hydrogen-bond donors (Lipinski definition) is 7. The molecule has 0 aliphatic carbocycles. The SMILES string of the molecule is CC(=O)OC1C(=O)N[C@@H](Cc2cccs2)C(=O)N[C@H](Cc2ccc(-c3ccccc3)cc2)C(=O)N[C@@H](CCc2ccccc2)C(=O)N[C@H](C(=O)N[C@@H](Cc2ccccc2)C(=O)O)Cc2ccc(cc2)NC(=O)[C@@H]1OC(C)=O. The van der Waals surface area contributed by atoms with Crippen LogP contribution in [0.1, 0.15) is 47.4 Å². The van der Waals surface area contributed by atoms with Gasteiger partial charge in [-0.05, 0) is 69.8 Å². The molecule has 6 amide bonds. The molecule has 0 saturated carbocycles. The maximum atomic E-state index is 15.0. The Morgan fingerprint density at radius 1 is 0.571 bits per heavy atom. The molecule has 6 aromatic rings. The van der Waals surface area contributed by atoms with Gasteiger partial charge in [-0.25, -0.2) is 4.79 Å². The number of thiophene rings is 1. The summed E-state index contributed by atoms with van der Waals surface area (Å²) in [4.78, 5) is 126. The van der Waals surface area contributed by atoms with Gasteiger partial charge in [-0.3, -0.25) is 38.4 Å². The molecule has 0 radical (unpaired) electrons. The van der Waals surface area contributed by atoms with Crippen LogP contribution < -0.4 is 31.9 Å². The first kappa shape index (κ1) is 55.8. The first-order chi connectivity index (χ1) is 37.1. The van der Waals surface area contributed by atoms with Gasteiger partial charge < -0.3 is 46.5 Å². The van der Waals surface area contributed by atoms with Gasteiger partial charge >= 0.3 is 17.9 Å². The summed E-state index contributed by atoms with van der Waals surface area (Å²) in [5.74, 6) is -9.03. The molecule has 1 aromatic heterocycles. The van der Waals surface area contributed by atoms with E-state index in [0.717, 1.165) is 30.5 Å². The van der Waals surface area contributed by atoms with Crippen molar-refractivity contribution >= 4 is 70.4 Å². The fraction of sp³-hybridized carbons (Fsp3) is 0.259. The van der Waals surface area contributed by atoms with Crippen LogP contribution in [0.2, 0.25) is 0 Å². The number of carbonyl (C=O) groups is 9. The number of aliphatic carboxylic acids is 1. The molecule has 0 saturated heterocycles. The van der Waals surface area contributed by atoms with Gasteiger partial charge in [0.15, 0.2) is 0 Å². The number of carboxylic acid groups (broad SMARTS) is 1. The average molecular weight is 1060 g/mol. The monoisotopic (exact) mass is 1060 g/mol. The van der Waals surface area contributed by atoms with Gasteiger partial charge in [-0.15, -0.1) is 11.3 Å². The fourth-order valence-electron chi connectivity index (χ4n) is 8.61. The van der Waals surface area contributed by atoms with Crippen molar-refractivity contribution in [3.63, 3.8) is 0 Å². The molecule has 19 heteroatoms. The molecule has 8 rings (SSSR count).